The molecule has 1 N–H and O–H groups in total. The van der Waals surface area contributed by atoms with Crippen LogP contribution in [0, 0.1) is 0 Å². The summed E-state index contributed by atoms with van der Waals surface area (Å²) in [6, 6.07) is 12.2. The molecular formula is C17H18N4O2S. The number of hydrogen-bond donors (Lipinski definition) is 1. The molecule has 1 aromatic carbocycles. The number of hydrogen-bond acceptors (Lipinski definition) is 5. The van der Waals surface area contributed by atoms with E-state index in [9.17, 15) is 8.42 Å². The van der Waals surface area contributed by atoms with Crippen LogP contribution in [0.15, 0.2) is 58.6 Å². The van der Waals surface area contributed by atoms with Gasteiger partial charge in [0, 0.05) is 12.7 Å². The molecular weight excluding hydrogens is 324 g/mol. The Morgan fingerprint density at radius 3 is 2.71 bits per heavy atom. The highest BCUT2D eigenvalue weighted by molar-refractivity contribution is 7.91. The molecule has 6 nitrogen and oxygen atoms in total. The maximum atomic E-state index is 13.0. The first-order chi connectivity index (χ1) is 11.7. The Kier molecular flexibility index (Phi) is 3.82. The predicted molar refractivity (Wildman–Crippen MR) is 90.6 cm³/mol. The maximum absolute atomic E-state index is 13.0. The highest BCUT2D eigenvalue weighted by atomic mass is 32.2. The average Bonchev–Trinajstić information content (AvgIpc) is 3.04. The zero-order valence-electron chi connectivity index (χ0n) is 13.1. The Morgan fingerprint density at radius 2 is 1.96 bits per heavy atom. The van der Waals surface area contributed by atoms with Crippen molar-refractivity contribution in [3.8, 4) is 0 Å². The van der Waals surface area contributed by atoms with Gasteiger partial charge < -0.3 is 5.32 Å². The highest BCUT2D eigenvalue weighted by Gasteiger charge is 2.28. The highest BCUT2D eigenvalue weighted by Crippen LogP contribution is 2.29. The summed E-state index contributed by atoms with van der Waals surface area (Å²) >= 11 is 0. The molecule has 4 rings (SSSR count). The Labute approximate surface area is 140 Å². The number of rotatable bonds is 3. The summed E-state index contributed by atoms with van der Waals surface area (Å²) in [6.07, 6.45) is 3.63. The summed E-state index contributed by atoms with van der Waals surface area (Å²) in [6.45, 7) is 1.78. The molecule has 1 aliphatic rings. The van der Waals surface area contributed by atoms with Crippen LogP contribution in [0.3, 0.4) is 0 Å². The molecule has 24 heavy (non-hydrogen) atoms. The third-order valence-electron chi connectivity index (χ3n) is 4.36. The van der Waals surface area contributed by atoms with Crippen LogP contribution in [-0.2, 0) is 9.84 Å². The molecule has 3 heterocycles. The van der Waals surface area contributed by atoms with Gasteiger partial charge in [-0.25, -0.2) is 8.42 Å². The molecule has 124 valence electrons. The average molecular weight is 342 g/mol. The van der Waals surface area contributed by atoms with Crippen molar-refractivity contribution in [1.82, 2.24) is 20.1 Å². The van der Waals surface area contributed by atoms with Gasteiger partial charge in [0.2, 0.25) is 14.9 Å². The van der Waals surface area contributed by atoms with Crippen LogP contribution < -0.4 is 5.32 Å². The Bertz CT molecular complexity index is 961. The van der Waals surface area contributed by atoms with Crippen LogP contribution in [0.5, 0.6) is 0 Å². The molecule has 1 fully saturated rings. The van der Waals surface area contributed by atoms with Gasteiger partial charge in [0.05, 0.1) is 16.5 Å². The maximum Gasteiger partial charge on any atom is 0.227 e. The topological polar surface area (TPSA) is 76.9 Å². The lowest BCUT2D eigenvalue weighted by molar-refractivity contribution is 0.351. The molecule has 0 aliphatic carbocycles. The van der Waals surface area contributed by atoms with Gasteiger partial charge in [0.25, 0.3) is 0 Å². The van der Waals surface area contributed by atoms with Crippen LogP contribution in [0.1, 0.15) is 18.9 Å². The van der Waals surface area contributed by atoms with E-state index in [0.29, 0.717) is 5.52 Å². The molecule has 1 saturated heterocycles. The van der Waals surface area contributed by atoms with Crippen molar-refractivity contribution in [1.29, 1.82) is 0 Å². The summed E-state index contributed by atoms with van der Waals surface area (Å²) in [4.78, 5) is 4.55. The van der Waals surface area contributed by atoms with Crippen molar-refractivity contribution in [3.63, 3.8) is 0 Å². The van der Waals surface area contributed by atoms with E-state index in [1.807, 2.05) is 16.8 Å². The molecule has 2 aromatic heterocycles. The van der Waals surface area contributed by atoms with E-state index >= 15 is 0 Å². The number of nitrogens with one attached hydrogen (secondary N) is 1. The van der Waals surface area contributed by atoms with Crippen LogP contribution in [0.2, 0.25) is 0 Å². The zero-order chi connectivity index (χ0) is 16.6. The minimum atomic E-state index is -3.70. The number of nitrogens with zero attached hydrogens (tertiary/aromatic N) is 3. The fourth-order valence-corrected chi connectivity index (χ4v) is 4.50. The number of sulfone groups is 1. The van der Waals surface area contributed by atoms with Crippen LogP contribution in [0.25, 0.3) is 11.0 Å². The standard InChI is InChI=1S/C17H18N4O2S/c22-24(23,14-7-2-1-3-8-14)17-16-15(9-5-11-19-16)21(20-17)13-6-4-10-18-12-13/h1-3,5,7-9,11,13,18H,4,6,10,12H2/t13-/m0/s1. The van der Waals surface area contributed by atoms with Crippen molar-refractivity contribution in [2.75, 3.05) is 13.1 Å². The van der Waals surface area contributed by atoms with Gasteiger partial charge in [-0.15, -0.1) is 0 Å². The van der Waals surface area contributed by atoms with Crippen molar-refractivity contribution in [3.05, 3.63) is 48.7 Å². The van der Waals surface area contributed by atoms with Gasteiger partial charge in [0.1, 0.15) is 5.52 Å². The van der Waals surface area contributed by atoms with Crippen LogP contribution >= 0.6 is 0 Å². The summed E-state index contributed by atoms with van der Waals surface area (Å²) < 4.78 is 27.8. The summed E-state index contributed by atoms with van der Waals surface area (Å²) in [7, 11) is -3.70. The largest absolute Gasteiger partial charge is 0.315 e. The first-order valence-corrected chi connectivity index (χ1v) is 9.50. The predicted octanol–water partition coefficient (Wildman–Crippen LogP) is 2.19. The summed E-state index contributed by atoms with van der Waals surface area (Å²) in [5, 5.41) is 7.87. The number of piperidine rings is 1. The first-order valence-electron chi connectivity index (χ1n) is 8.02. The molecule has 1 atom stereocenters. The van der Waals surface area contributed by atoms with E-state index in [1.54, 1.807) is 36.5 Å². The molecule has 0 spiro atoms. The second-order valence-corrected chi connectivity index (χ2v) is 7.80. The molecule has 0 unspecified atom stereocenters. The van der Waals surface area contributed by atoms with Crippen molar-refractivity contribution in [2.24, 2.45) is 0 Å². The minimum Gasteiger partial charge on any atom is -0.315 e. The lowest BCUT2D eigenvalue weighted by Gasteiger charge is -2.23. The Balaban J connectivity index is 1.90. The normalized spacial score (nSPS) is 18.8. The van der Waals surface area contributed by atoms with Gasteiger partial charge in [-0.05, 0) is 43.7 Å². The third kappa shape index (κ3) is 2.50. The molecule has 3 aromatic rings. The molecule has 7 heteroatoms. The smallest absolute Gasteiger partial charge is 0.227 e. The van der Waals surface area contributed by atoms with E-state index in [-0.39, 0.29) is 16.0 Å². The monoisotopic (exact) mass is 342 g/mol. The van der Waals surface area contributed by atoms with E-state index in [1.165, 1.54) is 0 Å². The van der Waals surface area contributed by atoms with E-state index in [2.05, 4.69) is 15.4 Å². The minimum absolute atomic E-state index is 0.0369. The lowest BCUT2D eigenvalue weighted by atomic mass is 10.1. The second-order valence-electron chi connectivity index (χ2n) is 5.94. The number of aromatic nitrogens is 3. The van der Waals surface area contributed by atoms with E-state index in [4.69, 9.17) is 0 Å². The number of fused-ring (bicyclic) bond motifs is 1. The van der Waals surface area contributed by atoms with Crippen LogP contribution in [0.4, 0.5) is 0 Å². The Hall–Kier alpha value is -2.25. The molecule has 1 aliphatic heterocycles. The van der Waals surface area contributed by atoms with Gasteiger partial charge in [0.15, 0.2) is 0 Å². The SMILES string of the molecule is O=S(=O)(c1ccccc1)c1nn([C@H]2CCCNC2)c2cccnc12. The van der Waals surface area contributed by atoms with Gasteiger partial charge in [-0.1, -0.05) is 18.2 Å². The number of pyridine rings is 1. The Morgan fingerprint density at radius 1 is 1.12 bits per heavy atom. The zero-order valence-corrected chi connectivity index (χ0v) is 13.9. The van der Waals surface area contributed by atoms with Crippen molar-refractivity contribution < 1.29 is 8.42 Å². The number of benzene rings is 1. The van der Waals surface area contributed by atoms with Gasteiger partial charge >= 0.3 is 0 Å². The molecule has 0 saturated carbocycles. The fourth-order valence-electron chi connectivity index (χ4n) is 3.16. The first kappa shape index (κ1) is 15.3. The van der Waals surface area contributed by atoms with Crippen molar-refractivity contribution in [2.45, 2.75) is 28.8 Å². The second kappa shape index (κ2) is 5.99. The lowest BCUT2D eigenvalue weighted by Crippen LogP contribution is -2.32. The molecule has 0 radical (unpaired) electrons. The third-order valence-corrected chi connectivity index (χ3v) is 6.04. The summed E-state index contributed by atoms with van der Waals surface area (Å²) in [5.74, 6) is 0. The summed E-state index contributed by atoms with van der Waals surface area (Å²) in [5.41, 5.74) is 1.20. The molecule has 0 bridgehead atoms. The van der Waals surface area contributed by atoms with Gasteiger partial charge in [-0.3, -0.25) is 9.67 Å². The molecule has 0 amide bonds. The van der Waals surface area contributed by atoms with E-state index in [0.717, 1.165) is 31.4 Å². The van der Waals surface area contributed by atoms with Gasteiger partial charge in [-0.2, -0.15) is 5.10 Å². The van der Waals surface area contributed by atoms with Crippen LogP contribution in [-0.4, -0.2) is 36.3 Å². The quantitative estimate of drug-likeness (QED) is 0.789. The fraction of sp³-hybridized carbons (Fsp3) is 0.294. The van der Waals surface area contributed by atoms with Crippen molar-refractivity contribution >= 4 is 20.9 Å². The van der Waals surface area contributed by atoms with E-state index < -0.39 is 9.84 Å².